The average Bonchev–Trinajstić information content (AvgIpc) is 2.55. The van der Waals surface area contributed by atoms with E-state index in [1.165, 1.54) is 25.1 Å². The topological polar surface area (TPSA) is 55.4 Å². The van der Waals surface area contributed by atoms with Crippen molar-refractivity contribution < 1.29 is 18.7 Å². The van der Waals surface area contributed by atoms with Gasteiger partial charge in [-0.1, -0.05) is 25.1 Å². The van der Waals surface area contributed by atoms with Crippen LogP contribution in [0.2, 0.25) is 0 Å². The SMILES string of the molecule is CCc1ccc(NC(=O)C(C)OC(=O)c2cccc(F)c2)cc1. The van der Waals surface area contributed by atoms with Gasteiger partial charge in [0, 0.05) is 5.69 Å². The van der Waals surface area contributed by atoms with E-state index >= 15 is 0 Å². The molecule has 0 spiro atoms. The number of rotatable bonds is 5. The molecule has 0 fully saturated rings. The molecule has 0 aliphatic heterocycles. The summed E-state index contributed by atoms with van der Waals surface area (Å²) in [5.74, 6) is -1.72. The highest BCUT2D eigenvalue weighted by Crippen LogP contribution is 2.12. The number of nitrogens with one attached hydrogen (secondary N) is 1. The Bertz CT molecular complexity index is 698. The molecule has 0 saturated heterocycles. The third-order valence-electron chi connectivity index (χ3n) is 3.34. The van der Waals surface area contributed by atoms with Crippen molar-refractivity contribution in [3.05, 3.63) is 65.5 Å². The quantitative estimate of drug-likeness (QED) is 0.858. The Hall–Kier alpha value is -2.69. The van der Waals surface area contributed by atoms with Crippen LogP contribution < -0.4 is 5.32 Å². The van der Waals surface area contributed by atoms with Gasteiger partial charge in [-0.2, -0.15) is 0 Å². The highest BCUT2D eigenvalue weighted by Gasteiger charge is 2.19. The van der Waals surface area contributed by atoms with Gasteiger partial charge in [0.1, 0.15) is 5.82 Å². The molecule has 1 atom stereocenters. The molecule has 0 aliphatic rings. The smallest absolute Gasteiger partial charge is 0.339 e. The first-order valence-corrected chi connectivity index (χ1v) is 7.36. The van der Waals surface area contributed by atoms with E-state index in [1.54, 1.807) is 12.1 Å². The molecule has 23 heavy (non-hydrogen) atoms. The minimum Gasteiger partial charge on any atom is -0.449 e. The summed E-state index contributed by atoms with van der Waals surface area (Å²) >= 11 is 0. The first-order chi connectivity index (χ1) is 11.0. The first-order valence-electron chi connectivity index (χ1n) is 7.36. The summed E-state index contributed by atoms with van der Waals surface area (Å²) in [6.45, 7) is 3.51. The van der Waals surface area contributed by atoms with Crippen molar-refractivity contribution in [2.45, 2.75) is 26.4 Å². The van der Waals surface area contributed by atoms with Crippen molar-refractivity contribution >= 4 is 17.6 Å². The molecule has 1 unspecified atom stereocenters. The first kappa shape index (κ1) is 16.7. The second-order valence-electron chi connectivity index (χ2n) is 5.10. The maximum Gasteiger partial charge on any atom is 0.339 e. The highest BCUT2D eigenvalue weighted by atomic mass is 19.1. The van der Waals surface area contributed by atoms with E-state index in [2.05, 4.69) is 5.32 Å². The van der Waals surface area contributed by atoms with Crippen molar-refractivity contribution in [2.24, 2.45) is 0 Å². The highest BCUT2D eigenvalue weighted by molar-refractivity contribution is 5.97. The normalized spacial score (nSPS) is 11.6. The molecule has 0 radical (unpaired) electrons. The number of halogens is 1. The van der Waals surface area contributed by atoms with Gasteiger partial charge >= 0.3 is 5.97 Å². The molecule has 120 valence electrons. The summed E-state index contributed by atoms with van der Waals surface area (Å²) in [5.41, 5.74) is 1.85. The second kappa shape index (κ2) is 7.54. The van der Waals surface area contributed by atoms with Crippen molar-refractivity contribution in [1.29, 1.82) is 0 Å². The molecular weight excluding hydrogens is 297 g/mol. The summed E-state index contributed by atoms with van der Waals surface area (Å²) in [5, 5.41) is 2.67. The van der Waals surface area contributed by atoms with Gasteiger partial charge in [-0.15, -0.1) is 0 Å². The number of anilines is 1. The number of hydrogen-bond donors (Lipinski definition) is 1. The monoisotopic (exact) mass is 315 g/mol. The van der Waals surface area contributed by atoms with Crippen LogP contribution in [0.5, 0.6) is 0 Å². The molecule has 1 amide bonds. The zero-order valence-corrected chi connectivity index (χ0v) is 13.0. The Morgan fingerprint density at radius 2 is 1.87 bits per heavy atom. The number of ether oxygens (including phenoxy) is 1. The Morgan fingerprint density at radius 3 is 2.48 bits per heavy atom. The third kappa shape index (κ3) is 4.64. The fraction of sp³-hybridized carbons (Fsp3) is 0.222. The molecule has 2 aromatic rings. The minimum atomic E-state index is -0.989. The predicted octanol–water partition coefficient (Wildman–Crippen LogP) is 3.57. The Morgan fingerprint density at radius 1 is 1.17 bits per heavy atom. The maximum absolute atomic E-state index is 13.1. The molecule has 5 heteroatoms. The molecular formula is C18H18FNO3. The van der Waals surface area contributed by atoms with Crippen molar-refractivity contribution in [2.75, 3.05) is 5.32 Å². The lowest BCUT2D eigenvalue weighted by Gasteiger charge is -2.13. The molecule has 4 nitrogen and oxygen atoms in total. The summed E-state index contributed by atoms with van der Waals surface area (Å²) in [7, 11) is 0. The number of carbonyl (C=O) groups excluding carboxylic acids is 2. The lowest BCUT2D eigenvalue weighted by Crippen LogP contribution is -2.30. The van der Waals surface area contributed by atoms with Gasteiger partial charge in [-0.05, 0) is 49.2 Å². The molecule has 0 saturated carbocycles. The molecule has 0 aromatic heterocycles. The van der Waals surface area contributed by atoms with Crippen LogP contribution in [0.4, 0.5) is 10.1 Å². The number of carbonyl (C=O) groups is 2. The van der Waals surface area contributed by atoms with Crippen LogP contribution in [-0.2, 0) is 16.0 Å². The Balaban J connectivity index is 1.95. The van der Waals surface area contributed by atoms with Gasteiger partial charge in [0.2, 0.25) is 0 Å². The van der Waals surface area contributed by atoms with E-state index in [-0.39, 0.29) is 5.56 Å². The largest absolute Gasteiger partial charge is 0.449 e. The third-order valence-corrected chi connectivity index (χ3v) is 3.34. The van der Waals surface area contributed by atoms with E-state index in [0.29, 0.717) is 5.69 Å². The van der Waals surface area contributed by atoms with Crippen molar-refractivity contribution in [3.63, 3.8) is 0 Å². The van der Waals surface area contributed by atoms with Crippen LogP contribution in [-0.4, -0.2) is 18.0 Å². The van der Waals surface area contributed by atoms with Crippen molar-refractivity contribution in [3.8, 4) is 0 Å². The van der Waals surface area contributed by atoms with Gasteiger partial charge in [0.25, 0.3) is 5.91 Å². The molecule has 0 heterocycles. The van der Waals surface area contributed by atoms with E-state index in [4.69, 9.17) is 4.74 Å². The van der Waals surface area contributed by atoms with Crippen molar-refractivity contribution in [1.82, 2.24) is 0 Å². The number of benzene rings is 2. The van der Waals surface area contributed by atoms with Crippen LogP contribution in [0.25, 0.3) is 0 Å². The summed E-state index contributed by atoms with van der Waals surface area (Å²) in [6, 6.07) is 12.5. The van der Waals surface area contributed by atoms with Crippen LogP contribution in [0.15, 0.2) is 48.5 Å². The summed E-state index contributed by atoms with van der Waals surface area (Å²) in [4.78, 5) is 23.9. The summed E-state index contributed by atoms with van der Waals surface area (Å²) < 4.78 is 18.1. The lowest BCUT2D eigenvalue weighted by atomic mass is 10.1. The standard InChI is InChI=1S/C18H18FNO3/c1-3-13-7-9-16(10-8-13)20-17(21)12(2)23-18(22)14-5-4-6-15(19)11-14/h4-12H,3H2,1-2H3,(H,20,21). The van der Waals surface area contributed by atoms with Gasteiger partial charge in [-0.25, -0.2) is 9.18 Å². The van der Waals surface area contributed by atoms with Crippen LogP contribution in [0.3, 0.4) is 0 Å². The average molecular weight is 315 g/mol. The second-order valence-corrected chi connectivity index (χ2v) is 5.10. The Labute approximate surface area is 134 Å². The molecule has 1 N–H and O–H groups in total. The Kier molecular flexibility index (Phi) is 5.46. The van der Waals surface area contributed by atoms with E-state index < -0.39 is 23.8 Å². The van der Waals surface area contributed by atoms with Crippen LogP contribution >= 0.6 is 0 Å². The lowest BCUT2D eigenvalue weighted by molar-refractivity contribution is -0.123. The van der Waals surface area contributed by atoms with Crippen LogP contribution in [0.1, 0.15) is 29.8 Å². The number of hydrogen-bond acceptors (Lipinski definition) is 3. The van der Waals surface area contributed by atoms with Crippen LogP contribution in [0, 0.1) is 5.82 Å². The van der Waals surface area contributed by atoms with Gasteiger partial charge in [0.15, 0.2) is 6.10 Å². The molecule has 2 rings (SSSR count). The zero-order chi connectivity index (χ0) is 16.8. The number of aryl methyl sites for hydroxylation is 1. The fourth-order valence-corrected chi connectivity index (χ4v) is 1.97. The molecule has 0 aliphatic carbocycles. The van der Waals surface area contributed by atoms with Gasteiger partial charge in [-0.3, -0.25) is 4.79 Å². The predicted molar refractivity (Wildman–Crippen MR) is 85.7 cm³/mol. The molecule has 2 aromatic carbocycles. The maximum atomic E-state index is 13.1. The van der Waals surface area contributed by atoms with Gasteiger partial charge in [0.05, 0.1) is 5.56 Å². The van der Waals surface area contributed by atoms with E-state index in [1.807, 2.05) is 19.1 Å². The van der Waals surface area contributed by atoms with E-state index in [9.17, 15) is 14.0 Å². The molecule has 0 bridgehead atoms. The number of amides is 1. The zero-order valence-electron chi connectivity index (χ0n) is 13.0. The fourth-order valence-electron chi connectivity index (χ4n) is 1.97. The minimum absolute atomic E-state index is 0.0666. The summed E-state index contributed by atoms with van der Waals surface area (Å²) in [6.07, 6.45) is -0.0767. The van der Waals surface area contributed by atoms with E-state index in [0.717, 1.165) is 18.1 Å². The van der Waals surface area contributed by atoms with Gasteiger partial charge < -0.3 is 10.1 Å². The number of esters is 1.